The van der Waals surface area contributed by atoms with Crippen LogP contribution in [0.4, 0.5) is 0 Å². The average Bonchev–Trinajstić information content (AvgIpc) is 3.35. The number of ketones is 1. The Kier molecular flexibility index (Phi) is 9.89. The third kappa shape index (κ3) is 4.77. The van der Waals surface area contributed by atoms with E-state index in [1.165, 1.54) is 27.2 Å². The van der Waals surface area contributed by atoms with Gasteiger partial charge in [-0.15, -0.1) is 11.8 Å². The van der Waals surface area contributed by atoms with E-state index in [2.05, 4.69) is 43.5 Å². The Bertz CT molecular complexity index is 988. The molecule has 0 bridgehead atoms. The summed E-state index contributed by atoms with van der Waals surface area (Å²) in [7, 11) is 0. The maximum Gasteiger partial charge on any atom is 0.188 e. The molecule has 3 fully saturated rings. The lowest BCUT2D eigenvalue weighted by atomic mass is 9.63. The van der Waals surface area contributed by atoms with Crippen LogP contribution in [0.25, 0.3) is 0 Å². The van der Waals surface area contributed by atoms with Gasteiger partial charge in [0.15, 0.2) is 5.79 Å². The first kappa shape index (κ1) is 30.8. The molecule has 1 aromatic carbocycles. The molecule has 2 heterocycles. The molecule has 36 heavy (non-hydrogen) atoms. The molecule has 0 amide bonds. The smallest absolute Gasteiger partial charge is 0.188 e. The number of Topliss-reactive ketones (excluding diaryl/α,β-unsaturated/α-hetero) is 1. The predicted molar refractivity (Wildman–Crippen MR) is 151 cm³/mol. The van der Waals surface area contributed by atoms with Gasteiger partial charge in [0.2, 0.25) is 0 Å². The van der Waals surface area contributed by atoms with Crippen LogP contribution < -0.4 is 0 Å². The lowest BCUT2D eigenvalue weighted by Crippen LogP contribution is -2.37. The van der Waals surface area contributed by atoms with Crippen molar-refractivity contribution in [3.63, 3.8) is 0 Å². The molecular formula is C31H48O4S. The van der Waals surface area contributed by atoms with Crippen molar-refractivity contribution in [2.24, 2.45) is 17.3 Å². The highest BCUT2D eigenvalue weighted by Crippen LogP contribution is 2.58. The summed E-state index contributed by atoms with van der Waals surface area (Å²) in [5.41, 5.74) is 5.12. The fourth-order valence-corrected chi connectivity index (χ4v) is 7.34. The van der Waals surface area contributed by atoms with Gasteiger partial charge in [-0.3, -0.25) is 4.79 Å². The van der Waals surface area contributed by atoms with E-state index in [0.29, 0.717) is 43.9 Å². The zero-order valence-electron chi connectivity index (χ0n) is 19.0. The van der Waals surface area contributed by atoms with Crippen LogP contribution in [0, 0.1) is 17.3 Å². The third-order valence-electron chi connectivity index (χ3n) is 8.63. The number of allylic oxidation sites excluding steroid dienone is 2. The van der Waals surface area contributed by atoms with E-state index in [4.69, 9.17) is 14.2 Å². The Morgan fingerprint density at radius 2 is 1.64 bits per heavy atom. The summed E-state index contributed by atoms with van der Waals surface area (Å²) in [5.74, 6) is 0.655. The van der Waals surface area contributed by atoms with Crippen LogP contribution in [0.5, 0.6) is 0 Å². The molecule has 2 aliphatic heterocycles. The molecule has 3 aliphatic carbocycles. The fraction of sp³-hybridized carbons (Fsp3) is 0.645. The van der Waals surface area contributed by atoms with E-state index in [0.717, 1.165) is 32.1 Å². The molecule has 1 aromatic rings. The second-order valence-corrected chi connectivity index (χ2v) is 11.1. The highest BCUT2D eigenvalue weighted by Gasteiger charge is 2.55. The number of carbonyl (C=O) groups excluding carboxylic acids is 1. The number of hydrogen-bond acceptors (Lipinski definition) is 5. The molecule has 2 saturated heterocycles. The van der Waals surface area contributed by atoms with Crippen molar-refractivity contribution in [1.29, 1.82) is 0 Å². The number of fused-ring (bicyclic) bond motifs is 4. The summed E-state index contributed by atoms with van der Waals surface area (Å²) in [5, 5.41) is 0. The minimum absolute atomic E-state index is 0. The van der Waals surface area contributed by atoms with E-state index in [-0.39, 0.29) is 41.2 Å². The summed E-state index contributed by atoms with van der Waals surface area (Å²) in [4.78, 5) is 14.3. The lowest BCUT2D eigenvalue weighted by Gasteiger charge is -2.41. The normalized spacial score (nSPS) is 31.9. The van der Waals surface area contributed by atoms with Crippen molar-refractivity contribution in [3.8, 4) is 0 Å². The molecule has 6 rings (SSSR count). The second kappa shape index (κ2) is 11.6. The minimum atomic E-state index is -0.523. The molecule has 2 unspecified atom stereocenters. The molecule has 5 aliphatic rings. The number of carbonyl (C=O) groups is 1. The zero-order valence-corrected chi connectivity index (χ0v) is 19.8. The number of rotatable bonds is 2. The Morgan fingerprint density at radius 1 is 0.944 bits per heavy atom. The number of hydrogen-bond donors (Lipinski definition) is 0. The van der Waals surface area contributed by atoms with Gasteiger partial charge in [0.25, 0.3) is 0 Å². The molecule has 1 saturated carbocycles. The standard InChI is InChI=1S/C27H32O4S.4CH4/c1-26-16-29-25(17-3-6-19(32-2)7-4-17)24-20-11-12-27(30-13-14-31-27)15-18(20)5-8-21(24)22(26)9-10-23(26)28;;;;/h3-4,6-7,15,21-22,25H,5,8-14,16H2,1-2H3;4*1H4/t21?,22?,25-,26+;;;;/m1..../s1. The lowest BCUT2D eigenvalue weighted by molar-refractivity contribution is -0.130. The van der Waals surface area contributed by atoms with Crippen LogP contribution in [0.1, 0.15) is 86.8 Å². The molecule has 0 aromatic heterocycles. The van der Waals surface area contributed by atoms with Gasteiger partial charge in [0, 0.05) is 17.7 Å². The summed E-state index contributed by atoms with van der Waals surface area (Å²) in [6.07, 6.45) is 9.92. The molecule has 0 radical (unpaired) electrons. The van der Waals surface area contributed by atoms with Crippen molar-refractivity contribution in [1.82, 2.24) is 0 Å². The molecule has 4 atom stereocenters. The van der Waals surface area contributed by atoms with Crippen molar-refractivity contribution < 1.29 is 19.0 Å². The minimum Gasteiger partial charge on any atom is -0.368 e. The summed E-state index contributed by atoms with van der Waals surface area (Å²) >= 11 is 1.76. The van der Waals surface area contributed by atoms with Gasteiger partial charge in [0.05, 0.1) is 25.2 Å². The first-order chi connectivity index (χ1) is 15.5. The van der Waals surface area contributed by atoms with Crippen LogP contribution in [0.3, 0.4) is 0 Å². The molecule has 5 heteroatoms. The van der Waals surface area contributed by atoms with Gasteiger partial charge in [-0.2, -0.15) is 0 Å². The van der Waals surface area contributed by atoms with Crippen molar-refractivity contribution in [2.45, 2.75) is 91.9 Å². The highest BCUT2D eigenvalue weighted by atomic mass is 32.2. The summed E-state index contributed by atoms with van der Waals surface area (Å²) in [6, 6.07) is 8.82. The zero-order chi connectivity index (χ0) is 21.9. The van der Waals surface area contributed by atoms with Gasteiger partial charge >= 0.3 is 0 Å². The van der Waals surface area contributed by atoms with Crippen LogP contribution in [-0.4, -0.2) is 37.6 Å². The number of thioether (sulfide) groups is 1. The molecular weight excluding hydrogens is 468 g/mol. The molecule has 202 valence electrons. The maximum absolute atomic E-state index is 13.0. The Labute approximate surface area is 224 Å². The van der Waals surface area contributed by atoms with E-state index in [9.17, 15) is 4.79 Å². The molecule has 1 spiro atoms. The van der Waals surface area contributed by atoms with Gasteiger partial charge < -0.3 is 14.2 Å². The van der Waals surface area contributed by atoms with Crippen molar-refractivity contribution in [2.75, 3.05) is 26.1 Å². The monoisotopic (exact) mass is 516 g/mol. The second-order valence-electron chi connectivity index (χ2n) is 10.2. The highest BCUT2D eigenvalue weighted by molar-refractivity contribution is 7.98. The first-order valence-corrected chi connectivity index (χ1v) is 13.3. The van der Waals surface area contributed by atoms with E-state index < -0.39 is 5.79 Å². The Balaban J connectivity index is 0.00000114. The van der Waals surface area contributed by atoms with Gasteiger partial charge in [0.1, 0.15) is 11.9 Å². The van der Waals surface area contributed by atoms with Crippen molar-refractivity contribution in [3.05, 3.63) is 52.6 Å². The van der Waals surface area contributed by atoms with Crippen LogP contribution in [0.2, 0.25) is 0 Å². The number of benzene rings is 1. The first-order valence-electron chi connectivity index (χ1n) is 12.0. The summed E-state index contributed by atoms with van der Waals surface area (Å²) < 4.78 is 18.8. The van der Waals surface area contributed by atoms with Crippen LogP contribution in [0.15, 0.2) is 52.0 Å². The Hall–Kier alpha value is -1.40. The third-order valence-corrected chi connectivity index (χ3v) is 9.37. The van der Waals surface area contributed by atoms with E-state index in [1.807, 2.05) is 0 Å². The quantitative estimate of drug-likeness (QED) is 0.371. The fourth-order valence-electron chi connectivity index (χ4n) is 6.93. The number of ether oxygens (including phenoxy) is 3. The van der Waals surface area contributed by atoms with Crippen LogP contribution >= 0.6 is 11.8 Å². The van der Waals surface area contributed by atoms with E-state index in [1.54, 1.807) is 11.8 Å². The summed E-state index contributed by atoms with van der Waals surface area (Å²) in [6.45, 7) is 4.03. The predicted octanol–water partition coefficient (Wildman–Crippen LogP) is 8.18. The van der Waals surface area contributed by atoms with E-state index >= 15 is 0 Å². The maximum atomic E-state index is 13.0. The van der Waals surface area contributed by atoms with Gasteiger partial charge in [-0.1, -0.05) is 48.8 Å². The average molecular weight is 517 g/mol. The van der Waals surface area contributed by atoms with Gasteiger partial charge in [-0.05, 0) is 84.3 Å². The molecule has 4 nitrogen and oxygen atoms in total. The van der Waals surface area contributed by atoms with Crippen molar-refractivity contribution >= 4 is 17.5 Å². The molecule has 0 N–H and O–H groups in total. The largest absolute Gasteiger partial charge is 0.368 e. The Morgan fingerprint density at radius 3 is 2.31 bits per heavy atom. The van der Waals surface area contributed by atoms with Gasteiger partial charge in [-0.25, -0.2) is 0 Å². The van der Waals surface area contributed by atoms with Crippen LogP contribution in [-0.2, 0) is 19.0 Å². The SMILES string of the molecule is C.C.C.C.CSc1ccc([C@H]2OC[C@]3(C)C(=O)CCC3C3CCC4=CC5(CCC4=C32)OCCO5)cc1. The topological polar surface area (TPSA) is 44.8 Å².